The van der Waals surface area contributed by atoms with Gasteiger partial charge >= 0.3 is 0 Å². The highest BCUT2D eigenvalue weighted by molar-refractivity contribution is 6.73. The zero-order chi connectivity index (χ0) is 12.6. The summed E-state index contributed by atoms with van der Waals surface area (Å²) in [5.41, 5.74) is -2.04. The molecular formula is C9H6Cl6O. The van der Waals surface area contributed by atoms with Crippen molar-refractivity contribution in [3.05, 3.63) is 35.9 Å². The number of benzene rings is 1. The Bertz CT molecular complexity index is 339. The summed E-state index contributed by atoms with van der Waals surface area (Å²) in [6.45, 7) is 0. The van der Waals surface area contributed by atoms with E-state index >= 15 is 0 Å². The van der Waals surface area contributed by atoms with Crippen LogP contribution in [0.15, 0.2) is 30.3 Å². The molecule has 1 nitrogen and oxygen atoms in total. The van der Waals surface area contributed by atoms with Gasteiger partial charge in [-0.15, -0.1) is 0 Å². The summed E-state index contributed by atoms with van der Waals surface area (Å²) in [5.74, 6) is 0. The molecule has 1 aromatic rings. The number of hydrogen-bond donors (Lipinski definition) is 1. The van der Waals surface area contributed by atoms with Crippen molar-refractivity contribution in [2.45, 2.75) is 13.2 Å². The molecule has 0 heterocycles. The Morgan fingerprint density at radius 2 is 1.12 bits per heavy atom. The molecule has 90 valence electrons. The van der Waals surface area contributed by atoms with Gasteiger partial charge in [-0.05, 0) is 5.56 Å². The van der Waals surface area contributed by atoms with E-state index in [1.807, 2.05) is 0 Å². The van der Waals surface area contributed by atoms with Gasteiger partial charge in [-0.25, -0.2) is 0 Å². The lowest BCUT2D eigenvalue weighted by molar-refractivity contribution is 0.0445. The van der Waals surface area contributed by atoms with E-state index in [-0.39, 0.29) is 5.56 Å². The molecular weight excluding hydrogens is 337 g/mol. The lowest BCUT2D eigenvalue weighted by Crippen LogP contribution is -2.50. The summed E-state index contributed by atoms with van der Waals surface area (Å²) in [5, 5.41) is 10.4. The van der Waals surface area contributed by atoms with Gasteiger partial charge in [0, 0.05) is 0 Å². The Morgan fingerprint density at radius 1 is 0.750 bits per heavy atom. The van der Waals surface area contributed by atoms with E-state index in [1.54, 1.807) is 18.2 Å². The predicted molar refractivity (Wildman–Crippen MR) is 70.9 cm³/mol. The van der Waals surface area contributed by atoms with Crippen molar-refractivity contribution >= 4 is 69.6 Å². The van der Waals surface area contributed by atoms with Crippen LogP contribution in [0.1, 0.15) is 5.56 Å². The molecule has 0 aliphatic heterocycles. The van der Waals surface area contributed by atoms with E-state index in [9.17, 15) is 5.11 Å². The van der Waals surface area contributed by atoms with Crippen molar-refractivity contribution in [2.24, 2.45) is 0 Å². The van der Waals surface area contributed by atoms with Crippen LogP contribution in [0.3, 0.4) is 0 Å². The Morgan fingerprint density at radius 3 is 1.44 bits per heavy atom. The van der Waals surface area contributed by atoms with Crippen molar-refractivity contribution in [2.75, 3.05) is 0 Å². The molecule has 0 amide bonds. The number of rotatable bonds is 1. The minimum Gasteiger partial charge on any atom is -0.377 e. The van der Waals surface area contributed by atoms with E-state index in [2.05, 4.69) is 0 Å². The second-order valence-electron chi connectivity index (χ2n) is 3.07. The average molecular weight is 343 g/mol. The monoisotopic (exact) mass is 340 g/mol. The van der Waals surface area contributed by atoms with Gasteiger partial charge in [-0.3, -0.25) is 0 Å². The van der Waals surface area contributed by atoms with Crippen LogP contribution in [0.5, 0.6) is 0 Å². The quantitative estimate of drug-likeness (QED) is 0.739. The van der Waals surface area contributed by atoms with E-state index in [4.69, 9.17) is 69.6 Å². The first-order valence-corrected chi connectivity index (χ1v) is 6.29. The fraction of sp³-hybridized carbons (Fsp3) is 0.333. The fourth-order valence-electron chi connectivity index (χ4n) is 1.17. The maximum atomic E-state index is 10.4. The largest absolute Gasteiger partial charge is 0.377 e. The third-order valence-corrected chi connectivity index (χ3v) is 3.65. The molecule has 0 aromatic heterocycles. The van der Waals surface area contributed by atoms with Gasteiger partial charge in [-0.2, -0.15) is 0 Å². The van der Waals surface area contributed by atoms with Crippen molar-refractivity contribution in [3.8, 4) is 0 Å². The van der Waals surface area contributed by atoms with E-state index in [0.29, 0.717) is 0 Å². The molecule has 0 saturated heterocycles. The normalized spacial score (nSPS) is 13.9. The van der Waals surface area contributed by atoms with Crippen LogP contribution in [0.4, 0.5) is 0 Å². The highest BCUT2D eigenvalue weighted by Crippen LogP contribution is 2.56. The zero-order valence-corrected chi connectivity index (χ0v) is 12.1. The van der Waals surface area contributed by atoms with E-state index in [1.165, 1.54) is 12.1 Å². The van der Waals surface area contributed by atoms with Crippen LogP contribution in [0, 0.1) is 0 Å². The Hall–Kier alpha value is 0.920. The summed E-state index contributed by atoms with van der Waals surface area (Å²) in [6.07, 6.45) is 0. The molecule has 0 bridgehead atoms. The molecule has 0 aliphatic carbocycles. The van der Waals surface area contributed by atoms with Crippen LogP contribution < -0.4 is 0 Å². The minimum absolute atomic E-state index is 0.204. The topological polar surface area (TPSA) is 20.2 Å². The molecule has 1 N–H and O–H groups in total. The maximum absolute atomic E-state index is 10.4. The first kappa shape index (κ1) is 15.0. The van der Waals surface area contributed by atoms with Crippen molar-refractivity contribution < 1.29 is 5.11 Å². The predicted octanol–water partition coefficient (Wildman–Crippen LogP) is 4.61. The Labute approximate surface area is 123 Å². The van der Waals surface area contributed by atoms with Gasteiger partial charge in [0.1, 0.15) is 0 Å². The van der Waals surface area contributed by atoms with E-state index in [0.717, 1.165) is 0 Å². The second kappa shape index (κ2) is 4.89. The third-order valence-electron chi connectivity index (χ3n) is 2.01. The van der Waals surface area contributed by atoms with Gasteiger partial charge in [0.2, 0.25) is 7.59 Å². The SMILES string of the molecule is OC(c1ccccc1)(C(Cl)(Cl)Cl)C(Cl)(Cl)Cl. The van der Waals surface area contributed by atoms with Crippen molar-refractivity contribution in [1.82, 2.24) is 0 Å². The standard InChI is InChI=1S/C9H6Cl6O/c10-8(11,12)7(16,9(13,14)15)6-4-2-1-3-5-6/h1-5,16H. The molecule has 0 atom stereocenters. The molecule has 7 heteroatoms. The molecule has 1 aromatic carbocycles. The Balaban J connectivity index is 3.39. The molecule has 0 saturated carbocycles. The molecule has 0 unspecified atom stereocenters. The summed E-state index contributed by atoms with van der Waals surface area (Å²) >= 11 is 34.1. The van der Waals surface area contributed by atoms with Crippen LogP contribution in [0.25, 0.3) is 0 Å². The van der Waals surface area contributed by atoms with Gasteiger partial charge < -0.3 is 5.11 Å². The Kier molecular flexibility index (Phi) is 4.58. The minimum atomic E-state index is -2.24. The first-order chi connectivity index (χ1) is 7.11. The van der Waals surface area contributed by atoms with Crippen molar-refractivity contribution in [3.63, 3.8) is 0 Å². The summed E-state index contributed by atoms with van der Waals surface area (Å²) < 4.78 is -4.36. The smallest absolute Gasteiger partial charge is 0.227 e. The van der Waals surface area contributed by atoms with Crippen LogP contribution in [-0.2, 0) is 5.60 Å². The molecule has 0 spiro atoms. The fourth-order valence-corrected chi connectivity index (χ4v) is 3.11. The number of hydrogen-bond acceptors (Lipinski definition) is 1. The zero-order valence-electron chi connectivity index (χ0n) is 7.60. The van der Waals surface area contributed by atoms with Crippen LogP contribution in [0.2, 0.25) is 0 Å². The van der Waals surface area contributed by atoms with Gasteiger partial charge in [-0.1, -0.05) is 99.9 Å². The second-order valence-corrected chi connectivity index (χ2v) is 7.63. The van der Waals surface area contributed by atoms with Crippen molar-refractivity contribution in [1.29, 1.82) is 0 Å². The number of alkyl halides is 6. The van der Waals surface area contributed by atoms with E-state index < -0.39 is 13.2 Å². The van der Waals surface area contributed by atoms with Gasteiger partial charge in [0.05, 0.1) is 0 Å². The maximum Gasteiger partial charge on any atom is 0.227 e. The van der Waals surface area contributed by atoms with Crippen LogP contribution in [-0.4, -0.2) is 12.7 Å². The third kappa shape index (κ3) is 2.67. The molecule has 0 aliphatic rings. The molecule has 16 heavy (non-hydrogen) atoms. The number of aliphatic hydroxyl groups is 1. The van der Waals surface area contributed by atoms with Gasteiger partial charge in [0.15, 0.2) is 5.60 Å². The summed E-state index contributed by atoms with van der Waals surface area (Å²) in [4.78, 5) is 0. The lowest BCUT2D eigenvalue weighted by Gasteiger charge is -2.40. The lowest BCUT2D eigenvalue weighted by atomic mass is 9.97. The highest BCUT2D eigenvalue weighted by atomic mass is 35.6. The molecule has 1 rings (SSSR count). The van der Waals surface area contributed by atoms with Crippen LogP contribution >= 0.6 is 69.6 Å². The highest BCUT2D eigenvalue weighted by Gasteiger charge is 2.61. The summed E-state index contributed by atoms with van der Waals surface area (Å²) in [7, 11) is 0. The first-order valence-electron chi connectivity index (χ1n) is 4.02. The summed E-state index contributed by atoms with van der Waals surface area (Å²) in [6, 6.07) is 7.99. The van der Waals surface area contributed by atoms with Gasteiger partial charge in [0.25, 0.3) is 0 Å². The number of halogens is 6. The molecule has 0 fully saturated rings. The average Bonchev–Trinajstić information content (AvgIpc) is 2.14. The molecule has 0 radical (unpaired) electrons.